The van der Waals surface area contributed by atoms with Gasteiger partial charge in [0, 0.05) is 6.42 Å². The zero-order chi connectivity index (χ0) is 13.4. The summed E-state index contributed by atoms with van der Waals surface area (Å²) in [5, 5.41) is 13.6. The first-order chi connectivity index (χ1) is 9.16. The molecule has 2 atom stereocenters. The lowest BCUT2D eigenvalue weighted by molar-refractivity contribution is 0.165. The molecule has 1 heterocycles. The van der Waals surface area contributed by atoms with Gasteiger partial charge in [-0.2, -0.15) is 0 Å². The van der Waals surface area contributed by atoms with Gasteiger partial charge in [-0.1, -0.05) is 35.9 Å². The van der Waals surface area contributed by atoms with Crippen LogP contribution in [0.4, 0.5) is 11.6 Å². The Labute approximate surface area is 115 Å². The number of nitrogens with one attached hydrogen (secondary N) is 1. The van der Waals surface area contributed by atoms with Crippen LogP contribution < -0.4 is 11.1 Å². The molecule has 19 heavy (non-hydrogen) atoms. The molecule has 2 aromatic rings. The van der Waals surface area contributed by atoms with Crippen LogP contribution in [0.3, 0.4) is 0 Å². The second-order valence-corrected chi connectivity index (χ2v) is 4.89. The molecule has 0 bridgehead atoms. The van der Waals surface area contributed by atoms with Crippen LogP contribution in [0.5, 0.6) is 0 Å². The highest BCUT2D eigenvalue weighted by atomic mass is 35.5. The lowest BCUT2D eigenvalue weighted by atomic mass is 10.1. The molecule has 3 rings (SSSR count). The van der Waals surface area contributed by atoms with Crippen LogP contribution in [0.25, 0.3) is 0 Å². The molecule has 6 heteroatoms. The fourth-order valence-corrected chi connectivity index (χ4v) is 2.53. The molecule has 0 radical (unpaired) electrons. The van der Waals surface area contributed by atoms with Gasteiger partial charge in [-0.15, -0.1) is 0 Å². The van der Waals surface area contributed by atoms with Crippen LogP contribution in [-0.4, -0.2) is 21.2 Å². The lowest BCUT2D eigenvalue weighted by Crippen LogP contribution is -2.22. The minimum Gasteiger partial charge on any atom is -0.390 e. The molecule has 5 nitrogen and oxygen atoms in total. The number of aromatic nitrogens is 2. The number of rotatable bonds is 2. The van der Waals surface area contributed by atoms with Gasteiger partial charge in [0.1, 0.15) is 17.2 Å². The summed E-state index contributed by atoms with van der Waals surface area (Å²) in [5.74, 6) is 0.662. The third kappa shape index (κ3) is 2.11. The number of aliphatic hydroxyl groups excluding tert-OH is 1. The molecule has 98 valence electrons. The van der Waals surface area contributed by atoms with Gasteiger partial charge in [0.15, 0.2) is 5.82 Å². The van der Waals surface area contributed by atoms with Gasteiger partial charge in [-0.25, -0.2) is 9.97 Å². The van der Waals surface area contributed by atoms with Crippen molar-refractivity contribution in [2.45, 2.75) is 18.6 Å². The number of fused-ring (bicyclic) bond motifs is 1. The Morgan fingerprint density at radius 3 is 2.95 bits per heavy atom. The first-order valence-electron chi connectivity index (χ1n) is 5.95. The Morgan fingerprint density at radius 2 is 2.11 bits per heavy atom. The molecule has 0 saturated carbocycles. The molecular weight excluding hydrogens is 264 g/mol. The first kappa shape index (κ1) is 12.2. The van der Waals surface area contributed by atoms with Gasteiger partial charge < -0.3 is 16.2 Å². The van der Waals surface area contributed by atoms with Gasteiger partial charge in [-0.05, 0) is 11.1 Å². The average Bonchev–Trinajstić information content (AvgIpc) is 2.72. The molecule has 0 saturated heterocycles. The number of nitrogens with two attached hydrogens (primary N) is 1. The van der Waals surface area contributed by atoms with Crippen LogP contribution >= 0.6 is 11.6 Å². The Bertz CT molecular complexity index is 619. The highest BCUT2D eigenvalue weighted by Gasteiger charge is 2.31. The molecular formula is C13H13ClN4O. The highest BCUT2D eigenvalue weighted by molar-refractivity contribution is 6.35. The van der Waals surface area contributed by atoms with Gasteiger partial charge in [0.25, 0.3) is 0 Å². The normalized spacial score (nSPS) is 21.2. The zero-order valence-electron chi connectivity index (χ0n) is 10.0. The van der Waals surface area contributed by atoms with Crippen LogP contribution in [0, 0.1) is 0 Å². The fraction of sp³-hybridized carbons (Fsp3) is 0.231. The summed E-state index contributed by atoms with van der Waals surface area (Å²) in [6.07, 6.45) is 1.45. The van der Waals surface area contributed by atoms with E-state index < -0.39 is 6.10 Å². The van der Waals surface area contributed by atoms with E-state index in [9.17, 15) is 5.11 Å². The standard InChI is InChI=1S/C13H13ClN4O/c14-10-12(15)16-6-17-13(10)18-11-8-4-2-1-3-7(8)5-9(11)19/h1-4,6,9,11,19H,5H2,(H3,15,16,17,18)/t9-,11+/m1/s1. The Hall–Kier alpha value is -1.85. The Morgan fingerprint density at radius 1 is 1.32 bits per heavy atom. The van der Waals surface area contributed by atoms with Gasteiger partial charge in [-0.3, -0.25) is 0 Å². The monoisotopic (exact) mass is 276 g/mol. The van der Waals surface area contributed by atoms with E-state index >= 15 is 0 Å². The zero-order valence-corrected chi connectivity index (χ0v) is 10.8. The van der Waals surface area contributed by atoms with E-state index in [0.717, 1.165) is 11.1 Å². The number of nitrogens with zero attached hydrogens (tertiary/aromatic N) is 2. The van der Waals surface area contributed by atoms with Gasteiger partial charge in [0.05, 0.1) is 12.1 Å². The summed E-state index contributed by atoms with van der Waals surface area (Å²) in [6, 6.07) is 7.67. The molecule has 1 aromatic carbocycles. The summed E-state index contributed by atoms with van der Waals surface area (Å²) in [5.41, 5.74) is 7.83. The van der Waals surface area contributed by atoms with Crippen LogP contribution in [0.15, 0.2) is 30.6 Å². The highest BCUT2D eigenvalue weighted by Crippen LogP contribution is 2.35. The quantitative estimate of drug-likeness (QED) is 0.779. The summed E-state index contributed by atoms with van der Waals surface area (Å²) < 4.78 is 0. The summed E-state index contributed by atoms with van der Waals surface area (Å²) in [6.45, 7) is 0. The van der Waals surface area contributed by atoms with E-state index in [-0.39, 0.29) is 16.9 Å². The second kappa shape index (κ2) is 4.68. The number of aliphatic hydroxyl groups is 1. The SMILES string of the molecule is Nc1ncnc(N[C@H]2c3ccccc3C[C@H]2O)c1Cl. The number of benzene rings is 1. The van der Waals surface area contributed by atoms with E-state index in [2.05, 4.69) is 15.3 Å². The van der Waals surface area contributed by atoms with Crippen molar-refractivity contribution in [1.82, 2.24) is 9.97 Å². The van der Waals surface area contributed by atoms with E-state index in [1.807, 2.05) is 24.3 Å². The van der Waals surface area contributed by atoms with Crippen molar-refractivity contribution in [3.05, 3.63) is 46.7 Å². The van der Waals surface area contributed by atoms with Crippen molar-refractivity contribution >= 4 is 23.2 Å². The molecule has 1 aliphatic rings. The first-order valence-corrected chi connectivity index (χ1v) is 6.33. The molecule has 0 spiro atoms. The van der Waals surface area contributed by atoms with E-state index in [1.54, 1.807) is 0 Å². The topological polar surface area (TPSA) is 84.1 Å². The molecule has 0 fully saturated rings. The van der Waals surface area contributed by atoms with Crippen LogP contribution in [0.2, 0.25) is 5.02 Å². The molecule has 0 amide bonds. The average molecular weight is 277 g/mol. The van der Waals surface area contributed by atoms with Crippen molar-refractivity contribution in [3.8, 4) is 0 Å². The van der Waals surface area contributed by atoms with Crippen molar-refractivity contribution < 1.29 is 5.11 Å². The molecule has 1 aromatic heterocycles. The number of nitrogen functional groups attached to an aromatic ring is 1. The maximum atomic E-state index is 10.2. The summed E-state index contributed by atoms with van der Waals surface area (Å²) >= 11 is 6.05. The van der Waals surface area contributed by atoms with Crippen molar-refractivity contribution in [2.24, 2.45) is 0 Å². The molecule has 0 unspecified atom stereocenters. The van der Waals surface area contributed by atoms with E-state index in [1.165, 1.54) is 6.33 Å². The van der Waals surface area contributed by atoms with Crippen molar-refractivity contribution in [2.75, 3.05) is 11.1 Å². The van der Waals surface area contributed by atoms with Gasteiger partial charge in [0.2, 0.25) is 0 Å². The van der Waals surface area contributed by atoms with Gasteiger partial charge >= 0.3 is 0 Å². The van der Waals surface area contributed by atoms with E-state index in [0.29, 0.717) is 12.2 Å². The maximum absolute atomic E-state index is 10.2. The molecule has 0 aliphatic heterocycles. The third-order valence-corrected chi connectivity index (χ3v) is 3.69. The van der Waals surface area contributed by atoms with Crippen molar-refractivity contribution in [3.63, 3.8) is 0 Å². The van der Waals surface area contributed by atoms with E-state index in [4.69, 9.17) is 17.3 Å². The smallest absolute Gasteiger partial charge is 0.151 e. The number of halogens is 1. The predicted octanol–water partition coefficient (Wildman–Crippen LogP) is 1.78. The summed E-state index contributed by atoms with van der Waals surface area (Å²) in [4.78, 5) is 7.87. The number of hydrogen-bond donors (Lipinski definition) is 3. The maximum Gasteiger partial charge on any atom is 0.151 e. The molecule has 1 aliphatic carbocycles. The van der Waals surface area contributed by atoms with Crippen LogP contribution in [-0.2, 0) is 6.42 Å². The summed E-state index contributed by atoms with van der Waals surface area (Å²) in [7, 11) is 0. The van der Waals surface area contributed by atoms with Crippen LogP contribution in [0.1, 0.15) is 17.2 Å². The minimum atomic E-state index is -0.510. The Kier molecular flexibility index (Phi) is 3.00. The lowest BCUT2D eigenvalue weighted by Gasteiger charge is -2.19. The number of hydrogen-bond acceptors (Lipinski definition) is 5. The predicted molar refractivity (Wildman–Crippen MR) is 74.0 cm³/mol. The Balaban J connectivity index is 1.93. The third-order valence-electron chi connectivity index (χ3n) is 3.31. The molecule has 4 N–H and O–H groups in total. The second-order valence-electron chi connectivity index (χ2n) is 4.51. The number of anilines is 2. The minimum absolute atomic E-state index is 0.222. The van der Waals surface area contributed by atoms with Crippen molar-refractivity contribution in [1.29, 1.82) is 0 Å². The fourth-order valence-electron chi connectivity index (χ4n) is 2.38. The largest absolute Gasteiger partial charge is 0.390 e.